The lowest BCUT2D eigenvalue weighted by atomic mass is 9.90. The summed E-state index contributed by atoms with van der Waals surface area (Å²) in [7, 11) is 1.78. The fourth-order valence-electron chi connectivity index (χ4n) is 3.25. The number of benzene rings is 1. The number of ether oxygens (including phenoxy) is 2. The van der Waals surface area contributed by atoms with Crippen LogP contribution < -0.4 is 25.4 Å². The van der Waals surface area contributed by atoms with Crippen LogP contribution in [0.15, 0.2) is 24.4 Å². The minimum absolute atomic E-state index is 0.00462. The van der Waals surface area contributed by atoms with Gasteiger partial charge in [0.1, 0.15) is 30.4 Å². The van der Waals surface area contributed by atoms with Gasteiger partial charge in [-0.15, -0.1) is 0 Å². The van der Waals surface area contributed by atoms with Gasteiger partial charge in [0.2, 0.25) is 0 Å². The first-order valence-corrected chi connectivity index (χ1v) is 10.9. The Bertz CT molecular complexity index is 1160. The molecule has 0 spiro atoms. The van der Waals surface area contributed by atoms with Gasteiger partial charge in [0.05, 0.1) is 16.9 Å². The van der Waals surface area contributed by atoms with Crippen molar-refractivity contribution in [3.05, 3.63) is 35.0 Å². The summed E-state index contributed by atoms with van der Waals surface area (Å²) in [6.45, 7) is 7.75. The lowest BCUT2D eigenvalue weighted by Crippen LogP contribution is -2.33. The highest BCUT2D eigenvalue weighted by Crippen LogP contribution is 2.43. The van der Waals surface area contributed by atoms with Crippen molar-refractivity contribution in [3.8, 4) is 11.5 Å². The molecular formula is C22H27ClN6O3. The lowest BCUT2D eigenvalue weighted by molar-refractivity contribution is 0.0937. The molecule has 0 unspecified atom stereocenters. The summed E-state index contributed by atoms with van der Waals surface area (Å²) in [5, 5.41) is 14.2. The third kappa shape index (κ3) is 4.25. The van der Waals surface area contributed by atoms with E-state index in [1.165, 1.54) is 6.20 Å². The van der Waals surface area contributed by atoms with Crippen LogP contribution in [0.3, 0.4) is 0 Å². The largest absolute Gasteiger partial charge is 0.484 e. The maximum Gasteiger partial charge on any atom is 0.256 e. The van der Waals surface area contributed by atoms with Crippen LogP contribution in [0.5, 0.6) is 11.5 Å². The van der Waals surface area contributed by atoms with Crippen molar-refractivity contribution in [2.75, 3.05) is 37.4 Å². The maximum absolute atomic E-state index is 12.9. The first kappa shape index (κ1) is 22.0. The van der Waals surface area contributed by atoms with E-state index in [0.29, 0.717) is 64.8 Å². The molecule has 2 aromatic heterocycles. The second kappa shape index (κ2) is 8.74. The summed E-state index contributed by atoms with van der Waals surface area (Å²) in [4.78, 5) is 17.5. The average Bonchev–Trinajstić information content (AvgIpc) is 3.23. The number of nitrogens with zero attached hydrogens (tertiary/aromatic N) is 3. The number of amides is 1. The Morgan fingerprint density at radius 2 is 2.00 bits per heavy atom. The Kier molecular flexibility index (Phi) is 6.01. The molecule has 1 aromatic carbocycles. The van der Waals surface area contributed by atoms with Gasteiger partial charge >= 0.3 is 0 Å². The Morgan fingerprint density at radius 1 is 1.25 bits per heavy atom. The van der Waals surface area contributed by atoms with Crippen LogP contribution in [0.4, 0.5) is 17.3 Å². The van der Waals surface area contributed by atoms with E-state index in [2.05, 4.69) is 46.8 Å². The zero-order chi connectivity index (χ0) is 22.9. The standard InChI is InChI=1S/C22H27ClN6O3/c1-5-22(2,3)12-25-21(30)13-11-26-29-17(24-4)10-16(28-20(13)29)27-15-7-6-14(23)18-19(15)32-9-8-31-18/h6-7,10-11,24H,5,8-9,12H2,1-4H3,(H,25,30)(H,27,28). The molecule has 1 aliphatic rings. The number of fused-ring (bicyclic) bond motifs is 2. The molecule has 1 aliphatic heterocycles. The van der Waals surface area contributed by atoms with Gasteiger partial charge < -0.3 is 25.4 Å². The first-order valence-electron chi connectivity index (χ1n) is 10.5. The van der Waals surface area contributed by atoms with Gasteiger partial charge in [0.25, 0.3) is 5.91 Å². The highest BCUT2D eigenvalue weighted by atomic mass is 35.5. The molecule has 0 bridgehead atoms. The molecule has 10 heteroatoms. The topological polar surface area (TPSA) is 102 Å². The van der Waals surface area contributed by atoms with Gasteiger partial charge in [-0.25, -0.2) is 4.98 Å². The summed E-state index contributed by atoms with van der Waals surface area (Å²) in [6, 6.07) is 5.34. The summed E-state index contributed by atoms with van der Waals surface area (Å²) in [6.07, 6.45) is 2.48. The normalized spacial score (nSPS) is 13.2. The van der Waals surface area contributed by atoms with Gasteiger partial charge in [-0.05, 0) is 24.0 Å². The molecule has 170 valence electrons. The Morgan fingerprint density at radius 3 is 2.72 bits per heavy atom. The monoisotopic (exact) mass is 458 g/mol. The molecule has 3 aromatic rings. The molecule has 3 heterocycles. The minimum atomic E-state index is -0.214. The van der Waals surface area contributed by atoms with Gasteiger partial charge in [-0.2, -0.15) is 9.61 Å². The van der Waals surface area contributed by atoms with Crippen LogP contribution in [0, 0.1) is 5.41 Å². The van der Waals surface area contributed by atoms with Crippen molar-refractivity contribution in [1.82, 2.24) is 19.9 Å². The van der Waals surface area contributed by atoms with E-state index in [0.717, 1.165) is 6.42 Å². The van der Waals surface area contributed by atoms with E-state index < -0.39 is 0 Å². The van der Waals surface area contributed by atoms with E-state index in [1.54, 1.807) is 29.8 Å². The number of halogens is 1. The number of anilines is 3. The average molecular weight is 459 g/mol. The summed E-state index contributed by atoms with van der Waals surface area (Å²) < 4.78 is 13.0. The molecular weight excluding hydrogens is 432 g/mol. The fraction of sp³-hybridized carbons (Fsp3) is 0.409. The predicted molar refractivity (Wildman–Crippen MR) is 125 cm³/mol. The maximum atomic E-state index is 12.9. The van der Waals surface area contributed by atoms with Crippen LogP contribution in [-0.4, -0.2) is 47.3 Å². The minimum Gasteiger partial charge on any atom is -0.484 e. The number of carbonyl (C=O) groups is 1. The molecule has 0 aliphatic carbocycles. The smallest absolute Gasteiger partial charge is 0.256 e. The van der Waals surface area contributed by atoms with Crippen LogP contribution in [0.1, 0.15) is 37.6 Å². The highest BCUT2D eigenvalue weighted by Gasteiger charge is 2.22. The van der Waals surface area contributed by atoms with E-state index in [-0.39, 0.29) is 11.3 Å². The number of hydrogen-bond acceptors (Lipinski definition) is 7. The number of aromatic nitrogens is 3. The van der Waals surface area contributed by atoms with Crippen molar-refractivity contribution < 1.29 is 14.3 Å². The Labute approximate surface area is 191 Å². The summed E-state index contributed by atoms with van der Waals surface area (Å²) >= 11 is 6.24. The SMILES string of the molecule is CCC(C)(C)CNC(=O)c1cnn2c(NC)cc(Nc3ccc(Cl)c4c3OCCO4)nc12. The van der Waals surface area contributed by atoms with E-state index >= 15 is 0 Å². The molecule has 0 atom stereocenters. The zero-order valence-electron chi connectivity index (χ0n) is 18.6. The van der Waals surface area contributed by atoms with Crippen molar-refractivity contribution in [3.63, 3.8) is 0 Å². The second-order valence-corrected chi connectivity index (χ2v) is 8.75. The molecule has 32 heavy (non-hydrogen) atoms. The third-order valence-corrected chi connectivity index (χ3v) is 5.86. The predicted octanol–water partition coefficient (Wildman–Crippen LogP) is 4.11. The van der Waals surface area contributed by atoms with E-state index in [4.69, 9.17) is 21.1 Å². The molecule has 0 saturated carbocycles. The number of nitrogens with one attached hydrogen (secondary N) is 3. The summed E-state index contributed by atoms with van der Waals surface area (Å²) in [5.41, 5.74) is 1.50. The molecule has 9 nitrogen and oxygen atoms in total. The van der Waals surface area contributed by atoms with Gasteiger partial charge in [-0.3, -0.25) is 4.79 Å². The molecule has 4 rings (SSSR count). The number of carbonyl (C=O) groups excluding carboxylic acids is 1. The van der Waals surface area contributed by atoms with Crippen LogP contribution in [0.25, 0.3) is 5.65 Å². The highest BCUT2D eigenvalue weighted by molar-refractivity contribution is 6.32. The fourth-order valence-corrected chi connectivity index (χ4v) is 3.45. The van der Waals surface area contributed by atoms with Gasteiger partial charge in [-0.1, -0.05) is 32.4 Å². The van der Waals surface area contributed by atoms with Gasteiger partial charge in [0, 0.05) is 19.7 Å². The molecule has 3 N–H and O–H groups in total. The van der Waals surface area contributed by atoms with Crippen molar-refractivity contribution >= 4 is 40.5 Å². The lowest BCUT2D eigenvalue weighted by Gasteiger charge is -2.23. The van der Waals surface area contributed by atoms with Gasteiger partial charge in [0.15, 0.2) is 17.1 Å². The van der Waals surface area contributed by atoms with Crippen molar-refractivity contribution in [2.45, 2.75) is 27.2 Å². The van der Waals surface area contributed by atoms with Crippen LogP contribution >= 0.6 is 11.6 Å². The molecule has 0 radical (unpaired) electrons. The molecule has 0 saturated heterocycles. The molecule has 0 fully saturated rings. The zero-order valence-corrected chi connectivity index (χ0v) is 19.3. The first-order chi connectivity index (χ1) is 15.3. The van der Waals surface area contributed by atoms with Crippen molar-refractivity contribution in [1.29, 1.82) is 0 Å². The van der Waals surface area contributed by atoms with E-state index in [9.17, 15) is 4.79 Å². The second-order valence-electron chi connectivity index (χ2n) is 8.35. The number of hydrogen-bond donors (Lipinski definition) is 3. The third-order valence-electron chi connectivity index (χ3n) is 5.56. The van der Waals surface area contributed by atoms with Crippen molar-refractivity contribution in [2.24, 2.45) is 5.41 Å². The van der Waals surface area contributed by atoms with Crippen LogP contribution in [0.2, 0.25) is 5.02 Å². The van der Waals surface area contributed by atoms with E-state index in [1.807, 2.05) is 0 Å². The quantitative estimate of drug-likeness (QED) is 0.489. The Balaban J connectivity index is 1.68. The van der Waals surface area contributed by atoms with Crippen LogP contribution in [-0.2, 0) is 0 Å². The Hall–Kier alpha value is -3.20. The summed E-state index contributed by atoms with van der Waals surface area (Å²) in [5.74, 6) is 2.01. The number of rotatable bonds is 7. The molecule has 1 amide bonds.